The molecule has 0 aliphatic carbocycles. The molecule has 0 saturated carbocycles. The number of rotatable bonds is 4. The highest BCUT2D eigenvalue weighted by Crippen LogP contribution is 2.03. The summed E-state index contributed by atoms with van der Waals surface area (Å²) < 4.78 is 21.8. The lowest BCUT2D eigenvalue weighted by Crippen LogP contribution is -2.31. The van der Waals surface area contributed by atoms with E-state index in [9.17, 15) is 4.79 Å². The van der Waals surface area contributed by atoms with Crippen LogP contribution in [0.2, 0.25) is 0 Å². The molecule has 1 aliphatic heterocycles. The van der Waals surface area contributed by atoms with Crippen molar-refractivity contribution in [2.24, 2.45) is 0 Å². The molecule has 1 heterocycles. The van der Waals surface area contributed by atoms with E-state index in [1.54, 1.807) is 24.3 Å². The lowest BCUT2D eigenvalue weighted by Gasteiger charge is -2.24. The van der Waals surface area contributed by atoms with Crippen molar-refractivity contribution in [2.45, 2.75) is 0 Å². The van der Waals surface area contributed by atoms with Crippen molar-refractivity contribution in [3.8, 4) is 0 Å². The average Bonchev–Trinajstić information content (AvgIpc) is 2.58. The summed E-state index contributed by atoms with van der Waals surface area (Å²) in [6.45, 7) is 9.15. The second-order valence-corrected chi connectivity index (χ2v) is 4.77. The second kappa shape index (κ2) is 14.1. The van der Waals surface area contributed by atoms with Crippen LogP contribution in [0.15, 0.2) is 36.6 Å². The molecule has 0 amide bonds. The van der Waals surface area contributed by atoms with E-state index in [1.165, 1.54) is 0 Å². The van der Waals surface area contributed by atoms with Crippen LogP contribution in [-0.4, -0.2) is 77.1 Å². The number of hydrogen-bond donors (Lipinski definition) is 0. The van der Waals surface area contributed by atoms with Gasteiger partial charge in [-0.05, 0) is 6.08 Å². The maximum atomic E-state index is 11.3. The molecular weight excluding hydrogens is 298 g/mol. The summed E-state index contributed by atoms with van der Waals surface area (Å²) in [6.07, 6.45) is 7.83. The Morgan fingerprint density at radius 2 is 1.26 bits per heavy atom. The van der Waals surface area contributed by atoms with E-state index < -0.39 is 0 Å². The average molecular weight is 325 g/mol. The van der Waals surface area contributed by atoms with Crippen molar-refractivity contribution >= 4 is 6.29 Å². The first-order valence-electron chi connectivity index (χ1n) is 7.89. The molecule has 0 atom stereocenters. The van der Waals surface area contributed by atoms with E-state index in [0.29, 0.717) is 71.6 Å². The Balaban J connectivity index is 2.56. The summed E-state index contributed by atoms with van der Waals surface area (Å²) in [6, 6.07) is 0. The van der Waals surface area contributed by atoms with Crippen LogP contribution >= 0.6 is 0 Å². The summed E-state index contributed by atoms with van der Waals surface area (Å²) in [5.74, 6) is 0. The number of ether oxygens (including phenoxy) is 4. The molecular formula is C17H27NO5. The summed E-state index contributed by atoms with van der Waals surface area (Å²) in [5, 5.41) is 0. The minimum absolute atomic E-state index is 0.524. The Morgan fingerprint density at radius 1 is 0.783 bits per heavy atom. The second-order valence-electron chi connectivity index (χ2n) is 4.77. The van der Waals surface area contributed by atoms with Gasteiger partial charge < -0.3 is 23.8 Å². The van der Waals surface area contributed by atoms with Gasteiger partial charge in [0.1, 0.15) is 0 Å². The third-order valence-corrected chi connectivity index (χ3v) is 3.13. The monoisotopic (exact) mass is 325 g/mol. The Morgan fingerprint density at radius 3 is 1.70 bits per heavy atom. The molecule has 1 fully saturated rings. The fourth-order valence-corrected chi connectivity index (χ4v) is 1.93. The number of aldehydes is 1. The van der Waals surface area contributed by atoms with Gasteiger partial charge in [-0.15, -0.1) is 0 Å². The zero-order chi connectivity index (χ0) is 16.6. The van der Waals surface area contributed by atoms with Crippen LogP contribution in [0.25, 0.3) is 0 Å². The Hall–Kier alpha value is -1.47. The highest BCUT2D eigenvalue weighted by atomic mass is 16.6. The molecule has 130 valence electrons. The standard InChI is InChI=1S/C17H27NO5/c1-2-3-4-5-17(16-19)18-6-8-20-10-12-22-14-15-23-13-11-21-9-7-18/h2-5,16H,1,6-15H2/b4-3+,17-5+. The number of allylic oxidation sites excluding steroid dienone is 5. The van der Waals surface area contributed by atoms with Crippen molar-refractivity contribution in [3.63, 3.8) is 0 Å². The Kier molecular flexibility index (Phi) is 12.0. The van der Waals surface area contributed by atoms with Crippen LogP contribution in [0.1, 0.15) is 0 Å². The largest absolute Gasteiger partial charge is 0.377 e. The van der Waals surface area contributed by atoms with Gasteiger partial charge in [-0.25, -0.2) is 0 Å². The van der Waals surface area contributed by atoms with Gasteiger partial charge in [0.25, 0.3) is 0 Å². The molecule has 1 rings (SSSR count). The molecule has 1 saturated heterocycles. The Bertz CT molecular complexity index is 365. The van der Waals surface area contributed by atoms with Gasteiger partial charge in [-0.2, -0.15) is 0 Å². The van der Waals surface area contributed by atoms with E-state index in [1.807, 2.05) is 4.90 Å². The predicted molar refractivity (Wildman–Crippen MR) is 88.3 cm³/mol. The number of carbonyl (C=O) groups is 1. The fourth-order valence-electron chi connectivity index (χ4n) is 1.93. The first-order valence-corrected chi connectivity index (χ1v) is 7.89. The molecule has 23 heavy (non-hydrogen) atoms. The maximum Gasteiger partial charge on any atom is 0.166 e. The highest BCUT2D eigenvalue weighted by molar-refractivity contribution is 5.72. The minimum atomic E-state index is 0.524. The lowest BCUT2D eigenvalue weighted by molar-refractivity contribution is -0.106. The molecule has 6 heteroatoms. The van der Waals surface area contributed by atoms with Gasteiger partial charge in [0.05, 0.1) is 58.6 Å². The first-order chi connectivity index (χ1) is 11.4. The lowest BCUT2D eigenvalue weighted by atomic mass is 10.3. The quantitative estimate of drug-likeness (QED) is 0.440. The third-order valence-electron chi connectivity index (χ3n) is 3.13. The minimum Gasteiger partial charge on any atom is -0.377 e. The Labute approximate surface area is 138 Å². The summed E-state index contributed by atoms with van der Waals surface area (Å²) in [7, 11) is 0. The summed E-state index contributed by atoms with van der Waals surface area (Å²) in [4.78, 5) is 13.3. The van der Waals surface area contributed by atoms with Gasteiger partial charge >= 0.3 is 0 Å². The zero-order valence-corrected chi connectivity index (χ0v) is 13.7. The predicted octanol–water partition coefficient (Wildman–Crippen LogP) is 1.19. The van der Waals surface area contributed by atoms with E-state index in [4.69, 9.17) is 18.9 Å². The zero-order valence-electron chi connectivity index (χ0n) is 13.7. The van der Waals surface area contributed by atoms with E-state index in [0.717, 1.165) is 6.29 Å². The van der Waals surface area contributed by atoms with Gasteiger partial charge in [-0.3, -0.25) is 4.79 Å². The van der Waals surface area contributed by atoms with Crippen molar-refractivity contribution in [3.05, 3.63) is 36.6 Å². The van der Waals surface area contributed by atoms with Crippen LogP contribution in [0.4, 0.5) is 0 Å². The van der Waals surface area contributed by atoms with Crippen molar-refractivity contribution in [2.75, 3.05) is 65.9 Å². The van der Waals surface area contributed by atoms with Crippen LogP contribution in [-0.2, 0) is 23.7 Å². The fraction of sp³-hybridized carbons (Fsp3) is 0.588. The van der Waals surface area contributed by atoms with Crippen molar-refractivity contribution in [1.29, 1.82) is 0 Å². The number of nitrogens with zero attached hydrogens (tertiary/aromatic N) is 1. The van der Waals surface area contributed by atoms with Crippen molar-refractivity contribution in [1.82, 2.24) is 4.90 Å². The molecule has 0 N–H and O–H groups in total. The molecule has 0 radical (unpaired) electrons. The smallest absolute Gasteiger partial charge is 0.166 e. The van der Waals surface area contributed by atoms with Crippen LogP contribution in [0, 0.1) is 0 Å². The third kappa shape index (κ3) is 10.0. The number of carbonyl (C=O) groups excluding carboxylic acids is 1. The van der Waals surface area contributed by atoms with E-state index in [2.05, 4.69) is 6.58 Å². The normalized spacial score (nSPS) is 20.7. The van der Waals surface area contributed by atoms with Gasteiger partial charge in [0, 0.05) is 13.1 Å². The van der Waals surface area contributed by atoms with E-state index in [-0.39, 0.29) is 0 Å². The maximum absolute atomic E-state index is 11.3. The molecule has 0 aromatic carbocycles. The highest BCUT2D eigenvalue weighted by Gasteiger charge is 2.08. The molecule has 0 aromatic rings. The summed E-state index contributed by atoms with van der Waals surface area (Å²) in [5.41, 5.74) is 0.590. The van der Waals surface area contributed by atoms with Crippen LogP contribution in [0.3, 0.4) is 0 Å². The van der Waals surface area contributed by atoms with Gasteiger partial charge in [0.15, 0.2) is 6.29 Å². The SMILES string of the molecule is C=C/C=C/C=C(\C=O)N1CCOCCOCCOCCOCC1. The van der Waals surface area contributed by atoms with Crippen LogP contribution in [0.5, 0.6) is 0 Å². The van der Waals surface area contributed by atoms with Crippen molar-refractivity contribution < 1.29 is 23.7 Å². The van der Waals surface area contributed by atoms with Gasteiger partial charge in [0.2, 0.25) is 0 Å². The molecule has 0 bridgehead atoms. The summed E-state index contributed by atoms with van der Waals surface area (Å²) >= 11 is 0. The topological polar surface area (TPSA) is 57.2 Å². The first kappa shape index (κ1) is 19.6. The molecule has 0 aromatic heterocycles. The van der Waals surface area contributed by atoms with Gasteiger partial charge in [-0.1, -0.05) is 24.8 Å². The number of hydrogen-bond acceptors (Lipinski definition) is 6. The van der Waals surface area contributed by atoms with E-state index >= 15 is 0 Å². The molecule has 0 spiro atoms. The van der Waals surface area contributed by atoms with Crippen LogP contribution < -0.4 is 0 Å². The molecule has 0 unspecified atom stereocenters. The molecule has 6 nitrogen and oxygen atoms in total. The molecule has 1 aliphatic rings.